The van der Waals surface area contributed by atoms with Crippen LogP contribution >= 0.6 is 0 Å². The van der Waals surface area contributed by atoms with E-state index in [0.29, 0.717) is 23.7 Å². The molecule has 2 heterocycles. The van der Waals surface area contributed by atoms with Gasteiger partial charge in [-0.1, -0.05) is 61.7 Å². The molecule has 2 aromatic rings. The van der Waals surface area contributed by atoms with Crippen LogP contribution in [0.25, 0.3) is 6.08 Å². The first-order chi connectivity index (χ1) is 14.7. The summed E-state index contributed by atoms with van der Waals surface area (Å²) < 4.78 is 5.68. The zero-order valence-corrected chi connectivity index (χ0v) is 17.7. The SMILES string of the molecule is C[C@@H]1OC(=O)[C@H]2C[C@H]3CCCC[C@@H]3[C@@H](/C=C/c3ccc(Cc4ccccc4)cn3)[C@@H]12. The molecule has 0 bridgehead atoms. The molecule has 0 spiro atoms. The maximum absolute atomic E-state index is 12.4. The molecule has 0 N–H and O–H groups in total. The highest BCUT2D eigenvalue weighted by atomic mass is 16.6. The molecular formula is C27H31NO2. The summed E-state index contributed by atoms with van der Waals surface area (Å²) in [6.45, 7) is 2.09. The quantitative estimate of drug-likeness (QED) is 0.618. The van der Waals surface area contributed by atoms with E-state index < -0.39 is 0 Å². The first kappa shape index (κ1) is 19.5. The molecule has 5 rings (SSSR count). The van der Waals surface area contributed by atoms with E-state index in [1.54, 1.807) is 0 Å². The molecule has 3 fully saturated rings. The van der Waals surface area contributed by atoms with Gasteiger partial charge in [0.05, 0.1) is 11.6 Å². The van der Waals surface area contributed by atoms with Crippen LogP contribution in [-0.2, 0) is 16.0 Å². The standard InChI is InChI=1S/C27H31NO2/c1-18-26-24(23-10-6-5-9-21(23)16-25(26)27(29)30-18)14-13-22-12-11-20(17-28-22)15-19-7-3-2-4-8-19/h2-4,7-8,11-14,17-18,21,23-26H,5-6,9-10,15-16H2,1H3/b14-13+/t18-,21+,23-,24+,25-,26+/m0/s1. The highest BCUT2D eigenvalue weighted by Crippen LogP contribution is 2.53. The molecule has 30 heavy (non-hydrogen) atoms. The highest BCUT2D eigenvalue weighted by Gasteiger charge is 2.53. The van der Waals surface area contributed by atoms with Crippen molar-refractivity contribution in [3.8, 4) is 0 Å². The second-order valence-corrected chi connectivity index (χ2v) is 9.46. The van der Waals surface area contributed by atoms with Crippen molar-refractivity contribution in [3.63, 3.8) is 0 Å². The van der Waals surface area contributed by atoms with Gasteiger partial charge in [-0.3, -0.25) is 9.78 Å². The average Bonchev–Trinajstić information content (AvgIpc) is 3.06. The minimum Gasteiger partial charge on any atom is -0.462 e. The molecule has 1 aromatic carbocycles. The third kappa shape index (κ3) is 3.82. The average molecular weight is 402 g/mol. The first-order valence-corrected chi connectivity index (χ1v) is 11.6. The Hall–Kier alpha value is -2.42. The Kier molecular flexibility index (Phi) is 5.45. The molecule has 0 amide bonds. The highest BCUT2D eigenvalue weighted by molar-refractivity contribution is 5.75. The minimum absolute atomic E-state index is 0.0289. The van der Waals surface area contributed by atoms with Crippen molar-refractivity contribution in [2.75, 3.05) is 0 Å². The van der Waals surface area contributed by atoms with Gasteiger partial charge in [0.1, 0.15) is 6.10 Å². The van der Waals surface area contributed by atoms with Crippen LogP contribution in [0.4, 0.5) is 0 Å². The van der Waals surface area contributed by atoms with E-state index in [2.05, 4.69) is 55.5 Å². The second kappa shape index (κ2) is 8.37. The number of benzene rings is 1. The van der Waals surface area contributed by atoms with Crippen LogP contribution < -0.4 is 0 Å². The fourth-order valence-electron chi connectivity index (χ4n) is 6.27. The van der Waals surface area contributed by atoms with Crippen molar-refractivity contribution < 1.29 is 9.53 Å². The largest absolute Gasteiger partial charge is 0.462 e. The zero-order valence-electron chi connectivity index (χ0n) is 17.7. The van der Waals surface area contributed by atoms with E-state index >= 15 is 0 Å². The molecule has 2 saturated carbocycles. The number of hydrogen-bond donors (Lipinski definition) is 0. The predicted molar refractivity (Wildman–Crippen MR) is 119 cm³/mol. The van der Waals surface area contributed by atoms with Crippen molar-refractivity contribution >= 4 is 12.0 Å². The fraction of sp³-hybridized carbons (Fsp3) is 0.481. The van der Waals surface area contributed by atoms with Crippen LogP contribution in [0, 0.1) is 29.6 Å². The lowest BCUT2D eigenvalue weighted by Gasteiger charge is -2.45. The predicted octanol–water partition coefficient (Wildman–Crippen LogP) is 5.69. The van der Waals surface area contributed by atoms with E-state index in [1.807, 2.05) is 12.3 Å². The number of rotatable bonds is 4. The lowest BCUT2D eigenvalue weighted by Crippen LogP contribution is -2.42. The number of pyridine rings is 1. The van der Waals surface area contributed by atoms with Gasteiger partial charge in [0, 0.05) is 12.1 Å². The van der Waals surface area contributed by atoms with Crippen LogP contribution in [0.5, 0.6) is 0 Å². The van der Waals surface area contributed by atoms with Gasteiger partial charge >= 0.3 is 5.97 Å². The van der Waals surface area contributed by atoms with Crippen molar-refractivity contribution in [1.82, 2.24) is 4.98 Å². The van der Waals surface area contributed by atoms with E-state index in [4.69, 9.17) is 9.72 Å². The third-order valence-corrected chi connectivity index (χ3v) is 7.66. The van der Waals surface area contributed by atoms with Gasteiger partial charge in [0.25, 0.3) is 0 Å². The Balaban J connectivity index is 1.34. The van der Waals surface area contributed by atoms with E-state index in [1.165, 1.54) is 36.8 Å². The van der Waals surface area contributed by atoms with Gasteiger partial charge in [-0.05, 0) is 67.2 Å². The molecule has 3 heteroatoms. The fourth-order valence-corrected chi connectivity index (χ4v) is 6.27. The number of cyclic esters (lactones) is 1. The summed E-state index contributed by atoms with van der Waals surface area (Å²) in [5.41, 5.74) is 3.53. The number of esters is 1. The summed E-state index contributed by atoms with van der Waals surface area (Å²) in [5, 5.41) is 0. The van der Waals surface area contributed by atoms with Crippen molar-refractivity contribution in [1.29, 1.82) is 0 Å². The molecule has 1 aromatic heterocycles. The normalized spacial score (nSPS) is 33.2. The van der Waals surface area contributed by atoms with Crippen LogP contribution in [0.15, 0.2) is 54.7 Å². The molecule has 156 valence electrons. The van der Waals surface area contributed by atoms with Gasteiger partial charge in [-0.25, -0.2) is 0 Å². The Labute approximate surface area is 179 Å². The molecule has 0 unspecified atom stereocenters. The van der Waals surface area contributed by atoms with Gasteiger partial charge in [-0.15, -0.1) is 0 Å². The smallest absolute Gasteiger partial charge is 0.309 e. The summed E-state index contributed by atoms with van der Waals surface area (Å²) in [4.78, 5) is 17.1. The summed E-state index contributed by atoms with van der Waals surface area (Å²) >= 11 is 0. The number of hydrogen-bond acceptors (Lipinski definition) is 3. The Bertz CT molecular complexity index is 904. The summed E-state index contributed by atoms with van der Waals surface area (Å²) in [5.74, 6) is 2.24. The minimum atomic E-state index is 0.0289. The van der Waals surface area contributed by atoms with Gasteiger partial charge in [0.15, 0.2) is 0 Å². The Morgan fingerprint density at radius 1 is 1.07 bits per heavy atom. The summed E-state index contributed by atoms with van der Waals surface area (Å²) in [6, 6.07) is 14.8. The van der Waals surface area contributed by atoms with Crippen LogP contribution in [-0.4, -0.2) is 17.1 Å². The van der Waals surface area contributed by atoms with Gasteiger partial charge in [-0.2, -0.15) is 0 Å². The molecular weight excluding hydrogens is 370 g/mol. The Morgan fingerprint density at radius 2 is 1.90 bits per heavy atom. The van der Waals surface area contributed by atoms with E-state index in [0.717, 1.165) is 18.5 Å². The number of aromatic nitrogens is 1. The van der Waals surface area contributed by atoms with Gasteiger partial charge < -0.3 is 4.74 Å². The molecule has 2 aliphatic carbocycles. The molecule has 1 aliphatic heterocycles. The number of nitrogens with zero attached hydrogens (tertiary/aromatic N) is 1. The van der Waals surface area contributed by atoms with Crippen LogP contribution in [0.2, 0.25) is 0 Å². The number of allylic oxidation sites excluding steroid dienone is 1. The number of fused-ring (bicyclic) bond motifs is 2. The second-order valence-electron chi connectivity index (χ2n) is 9.46. The third-order valence-electron chi connectivity index (χ3n) is 7.66. The number of carbonyl (C=O) groups excluding carboxylic acids is 1. The molecule has 3 nitrogen and oxygen atoms in total. The summed E-state index contributed by atoms with van der Waals surface area (Å²) in [6.07, 6.45) is 13.7. The lowest BCUT2D eigenvalue weighted by atomic mass is 9.57. The maximum atomic E-state index is 12.4. The first-order valence-electron chi connectivity index (χ1n) is 11.6. The maximum Gasteiger partial charge on any atom is 0.309 e. The molecule has 0 radical (unpaired) electrons. The molecule has 1 saturated heterocycles. The van der Waals surface area contributed by atoms with E-state index in [9.17, 15) is 4.79 Å². The van der Waals surface area contributed by atoms with E-state index in [-0.39, 0.29) is 18.0 Å². The molecule has 3 aliphatic rings. The van der Waals surface area contributed by atoms with Crippen molar-refractivity contribution in [2.45, 2.75) is 51.6 Å². The monoisotopic (exact) mass is 401 g/mol. The van der Waals surface area contributed by atoms with Crippen molar-refractivity contribution in [2.24, 2.45) is 29.6 Å². The van der Waals surface area contributed by atoms with Crippen LogP contribution in [0.3, 0.4) is 0 Å². The molecule has 6 atom stereocenters. The topological polar surface area (TPSA) is 39.2 Å². The lowest BCUT2D eigenvalue weighted by molar-refractivity contribution is -0.144. The van der Waals surface area contributed by atoms with Crippen LogP contribution in [0.1, 0.15) is 55.8 Å². The van der Waals surface area contributed by atoms with Gasteiger partial charge in [0.2, 0.25) is 0 Å². The van der Waals surface area contributed by atoms with Crippen molar-refractivity contribution in [3.05, 3.63) is 71.6 Å². The number of ether oxygens (including phenoxy) is 1. The zero-order chi connectivity index (χ0) is 20.5. The summed E-state index contributed by atoms with van der Waals surface area (Å²) in [7, 11) is 0. The number of carbonyl (C=O) groups is 1. The Morgan fingerprint density at radius 3 is 2.70 bits per heavy atom.